The first-order valence-corrected chi connectivity index (χ1v) is 11.3. The summed E-state index contributed by atoms with van der Waals surface area (Å²) in [5.74, 6) is 0.441. The number of hydrogen-bond donors (Lipinski definition) is 1. The summed E-state index contributed by atoms with van der Waals surface area (Å²) in [6.45, 7) is 2.05. The monoisotopic (exact) mass is 429 g/mol. The van der Waals surface area contributed by atoms with Crippen molar-refractivity contribution in [3.8, 4) is 0 Å². The minimum Gasteiger partial charge on any atom is -0.348 e. The van der Waals surface area contributed by atoms with Gasteiger partial charge in [-0.25, -0.2) is 4.98 Å². The van der Waals surface area contributed by atoms with Gasteiger partial charge in [-0.2, -0.15) is 0 Å². The second-order valence-corrected chi connectivity index (χ2v) is 8.58. The quantitative estimate of drug-likeness (QED) is 0.691. The number of imidazole rings is 1. The molecule has 1 aromatic carbocycles. The molecule has 7 heteroatoms. The van der Waals surface area contributed by atoms with Crippen LogP contribution in [0.15, 0.2) is 61.2 Å². The lowest BCUT2D eigenvalue weighted by Crippen LogP contribution is -2.47. The van der Waals surface area contributed by atoms with Gasteiger partial charge in [0.05, 0.1) is 30.0 Å². The number of carbonyl (C=O) groups is 2. The Hall–Kier alpha value is -3.48. The molecule has 1 fully saturated rings. The summed E-state index contributed by atoms with van der Waals surface area (Å²) in [5.41, 5.74) is 3.78. The van der Waals surface area contributed by atoms with E-state index in [4.69, 9.17) is 0 Å². The van der Waals surface area contributed by atoms with Gasteiger partial charge in [-0.1, -0.05) is 30.3 Å². The van der Waals surface area contributed by atoms with Crippen molar-refractivity contribution < 1.29 is 9.59 Å². The Balaban J connectivity index is 1.32. The van der Waals surface area contributed by atoms with E-state index < -0.39 is 0 Å². The number of nitrogens with one attached hydrogen (secondary N) is 1. The lowest BCUT2D eigenvalue weighted by Gasteiger charge is -2.43. The van der Waals surface area contributed by atoms with E-state index in [1.165, 1.54) is 0 Å². The van der Waals surface area contributed by atoms with E-state index in [-0.39, 0.29) is 23.8 Å². The molecule has 5 rings (SSSR count). The van der Waals surface area contributed by atoms with Gasteiger partial charge >= 0.3 is 0 Å². The van der Waals surface area contributed by atoms with E-state index in [9.17, 15) is 9.59 Å². The maximum Gasteiger partial charge on any atom is 0.255 e. The number of amides is 2. The summed E-state index contributed by atoms with van der Waals surface area (Å²) >= 11 is 0. The van der Waals surface area contributed by atoms with Crippen LogP contribution in [0.25, 0.3) is 0 Å². The molecular weight excluding hydrogens is 402 g/mol. The molecule has 7 nitrogen and oxygen atoms in total. The molecule has 0 radical (unpaired) electrons. The number of pyridine rings is 1. The molecule has 32 heavy (non-hydrogen) atoms. The Morgan fingerprint density at radius 2 is 1.84 bits per heavy atom. The van der Waals surface area contributed by atoms with Gasteiger partial charge in [-0.05, 0) is 36.5 Å². The molecule has 0 aliphatic carbocycles. The number of likely N-dealkylation sites (tertiary alicyclic amines) is 1. The molecule has 2 aliphatic heterocycles. The van der Waals surface area contributed by atoms with Crippen molar-refractivity contribution in [3.63, 3.8) is 0 Å². The van der Waals surface area contributed by atoms with Crippen LogP contribution in [-0.4, -0.2) is 56.2 Å². The molecule has 0 bridgehead atoms. The second kappa shape index (κ2) is 8.94. The summed E-state index contributed by atoms with van der Waals surface area (Å²) in [4.78, 5) is 42.0. The van der Waals surface area contributed by atoms with Crippen LogP contribution in [0, 0.1) is 5.92 Å². The molecule has 0 saturated carbocycles. The molecular formula is C25H27N5O2. The number of hydrogen-bond acceptors (Lipinski definition) is 4. The van der Waals surface area contributed by atoms with Crippen molar-refractivity contribution in [2.24, 2.45) is 5.92 Å². The predicted molar refractivity (Wildman–Crippen MR) is 120 cm³/mol. The number of rotatable bonds is 4. The number of fused-ring (bicyclic) bond motifs is 1. The molecule has 1 atom stereocenters. The van der Waals surface area contributed by atoms with Gasteiger partial charge in [0, 0.05) is 44.1 Å². The molecule has 1 N–H and O–H groups in total. The van der Waals surface area contributed by atoms with Gasteiger partial charge in [-0.3, -0.25) is 14.6 Å². The first kappa shape index (κ1) is 20.4. The third-order valence-electron chi connectivity index (χ3n) is 6.67. The van der Waals surface area contributed by atoms with Gasteiger partial charge in [0.2, 0.25) is 5.91 Å². The Bertz CT molecular complexity index is 1070. The Morgan fingerprint density at radius 1 is 1.03 bits per heavy atom. The highest BCUT2D eigenvalue weighted by Gasteiger charge is 2.39. The minimum absolute atomic E-state index is 0.0256. The molecule has 2 aromatic heterocycles. The Morgan fingerprint density at radius 3 is 2.59 bits per heavy atom. The van der Waals surface area contributed by atoms with E-state index in [0.29, 0.717) is 31.6 Å². The lowest BCUT2D eigenvalue weighted by atomic mass is 9.83. The minimum atomic E-state index is -0.0446. The van der Waals surface area contributed by atoms with Crippen LogP contribution in [0.1, 0.15) is 46.2 Å². The van der Waals surface area contributed by atoms with E-state index >= 15 is 0 Å². The number of aromatic amines is 1. The van der Waals surface area contributed by atoms with Crippen molar-refractivity contribution in [1.82, 2.24) is 24.8 Å². The predicted octanol–water partition coefficient (Wildman–Crippen LogP) is 3.03. The van der Waals surface area contributed by atoms with Gasteiger partial charge in [0.25, 0.3) is 5.91 Å². The number of benzene rings is 1. The average Bonchev–Trinajstić information content (AvgIpc) is 3.33. The highest BCUT2D eigenvalue weighted by molar-refractivity contribution is 5.93. The number of carbonyl (C=O) groups excluding carboxylic acids is 2. The molecule has 1 unspecified atom stereocenters. The lowest BCUT2D eigenvalue weighted by molar-refractivity contribution is -0.135. The van der Waals surface area contributed by atoms with Crippen molar-refractivity contribution >= 4 is 11.8 Å². The third kappa shape index (κ3) is 4.02. The van der Waals surface area contributed by atoms with Crippen molar-refractivity contribution in [2.75, 3.05) is 19.6 Å². The van der Waals surface area contributed by atoms with Crippen LogP contribution in [-0.2, 0) is 17.6 Å². The third-order valence-corrected chi connectivity index (χ3v) is 6.67. The highest BCUT2D eigenvalue weighted by Crippen LogP contribution is 2.39. The van der Waals surface area contributed by atoms with E-state index in [2.05, 4.69) is 15.0 Å². The fraction of sp³-hybridized carbons (Fsp3) is 0.360. The van der Waals surface area contributed by atoms with Crippen molar-refractivity contribution in [1.29, 1.82) is 0 Å². The zero-order valence-electron chi connectivity index (χ0n) is 18.0. The molecule has 3 aromatic rings. The van der Waals surface area contributed by atoms with Crippen molar-refractivity contribution in [3.05, 3.63) is 83.7 Å². The number of piperidine rings is 1. The first-order valence-electron chi connectivity index (χ1n) is 11.3. The molecule has 4 heterocycles. The topological polar surface area (TPSA) is 82.2 Å². The largest absolute Gasteiger partial charge is 0.348 e. The summed E-state index contributed by atoms with van der Waals surface area (Å²) < 4.78 is 0. The van der Waals surface area contributed by atoms with Crippen molar-refractivity contribution in [2.45, 2.75) is 31.7 Å². The van der Waals surface area contributed by atoms with Crippen LogP contribution >= 0.6 is 0 Å². The number of aromatic nitrogens is 3. The first-order chi connectivity index (χ1) is 15.7. The smallest absolute Gasteiger partial charge is 0.255 e. The molecule has 2 aliphatic rings. The Labute approximate surface area is 187 Å². The van der Waals surface area contributed by atoms with E-state index in [0.717, 1.165) is 36.2 Å². The van der Waals surface area contributed by atoms with Gasteiger partial charge in [0.1, 0.15) is 0 Å². The molecule has 164 valence electrons. The molecule has 1 saturated heterocycles. The van der Waals surface area contributed by atoms with Gasteiger partial charge in [-0.15, -0.1) is 0 Å². The maximum atomic E-state index is 13.3. The van der Waals surface area contributed by atoms with Crippen LogP contribution in [0.4, 0.5) is 0 Å². The fourth-order valence-corrected chi connectivity index (χ4v) is 5.03. The SMILES string of the molecule is O=C(c1cccnc1)N1CCC(C2c3nc[nH]c3CCN2C(=O)Cc2ccccc2)CC1. The Kier molecular flexibility index (Phi) is 5.71. The summed E-state index contributed by atoms with van der Waals surface area (Å²) in [7, 11) is 0. The summed E-state index contributed by atoms with van der Waals surface area (Å²) in [6.07, 6.45) is 7.92. The normalized spacial score (nSPS) is 18.9. The molecule has 0 spiro atoms. The zero-order chi connectivity index (χ0) is 21.9. The number of H-pyrrole nitrogens is 1. The fourth-order valence-electron chi connectivity index (χ4n) is 5.03. The van der Waals surface area contributed by atoms with Crippen LogP contribution in [0.5, 0.6) is 0 Å². The van der Waals surface area contributed by atoms with Gasteiger partial charge in [0.15, 0.2) is 0 Å². The van der Waals surface area contributed by atoms with E-state index in [1.54, 1.807) is 24.8 Å². The maximum absolute atomic E-state index is 13.3. The standard InChI is InChI=1S/C25H27N5O2/c31-22(15-18-5-2-1-3-6-18)30-14-10-21-23(28-17-27-21)24(30)19-8-12-29(13-9-19)25(32)20-7-4-11-26-16-20/h1-7,11,16-17,19,24H,8-10,12-15H2,(H,27,28). The highest BCUT2D eigenvalue weighted by atomic mass is 16.2. The van der Waals surface area contributed by atoms with Crippen LogP contribution < -0.4 is 0 Å². The zero-order valence-corrected chi connectivity index (χ0v) is 18.0. The van der Waals surface area contributed by atoms with Crippen LogP contribution in [0.2, 0.25) is 0 Å². The van der Waals surface area contributed by atoms with E-state index in [1.807, 2.05) is 46.2 Å². The average molecular weight is 430 g/mol. The van der Waals surface area contributed by atoms with Gasteiger partial charge < -0.3 is 14.8 Å². The molecule has 2 amide bonds. The number of nitrogens with zero attached hydrogens (tertiary/aromatic N) is 4. The van der Waals surface area contributed by atoms with Crippen LogP contribution in [0.3, 0.4) is 0 Å². The summed E-state index contributed by atoms with van der Waals surface area (Å²) in [6, 6.07) is 13.5. The summed E-state index contributed by atoms with van der Waals surface area (Å²) in [5, 5.41) is 0. The second-order valence-electron chi connectivity index (χ2n) is 8.58.